The molecule has 1 fully saturated rings. The predicted molar refractivity (Wildman–Crippen MR) is 118 cm³/mol. The SMILES string of the molecule is CC(C(=O)Nc1cccc([N+](=O)[O-])c1)N1CCN(S(=O)(=O)c2ccc(Cl)c(Cl)c2)CC1. The molecule has 0 saturated carbocycles. The maximum absolute atomic E-state index is 12.9. The summed E-state index contributed by atoms with van der Waals surface area (Å²) in [4.78, 5) is 24.8. The third kappa shape index (κ3) is 5.34. The number of nitrogens with one attached hydrogen (secondary N) is 1. The summed E-state index contributed by atoms with van der Waals surface area (Å²) in [5.41, 5.74) is 0.207. The van der Waals surface area contributed by atoms with E-state index in [1.807, 2.05) is 4.90 Å². The van der Waals surface area contributed by atoms with Crippen molar-refractivity contribution < 1.29 is 18.1 Å². The van der Waals surface area contributed by atoms with E-state index < -0.39 is 21.0 Å². The Hall–Kier alpha value is -2.24. The number of hydrogen-bond donors (Lipinski definition) is 1. The van der Waals surface area contributed by atoms with Crippen LogP contribution in [0.1, 0.15) is 6.92 Å². The van der Waals surface area contributed by atoms with Crippen LogP contribution in [0.2, 0.25) is 10.0 Å². The summed E-state index contributed by atoms with van der Waals surface area (Å²) < 4.78 is 27.1. The highest BCUT2D eigenvalue weighted by molar-refractivity contribution is 7.89. The first kappa shape index (κ1) is 23.4. The second kappa shape index (κ2) is 9.49. The molecule has 0 aromatic heterocycles. The van der Waals surface area contributed by atoms with E-state index in [4.69, 9.17) is 23.2 Å². The van der Waals surface area contributed by atoms with Gasteiger partial charge in [-0.3, -0.25) is 19.8 Å². The first-order valence-corrected chi connectivity index (χ1v) is 11.5. The van der Waals surface area contributed by atoms with Crippen LogP contribution >= 0.6 is 23.2 Å². The van der Waals surface area contributed by atoms with Crippen LogP contribution in [-0.2, 0) is 14.8 Å². The lowest BCUT2D eigenvalue weighted by molar-refractivity contribution is -0.384. The monoisotopic (exact) mass is 486 g/mol. The van der Waals surface area contributed by atoms with Gasteiger partial charge in [0.25, 0.3) is 5.69 Å². The fourth-order valence-electron chi connectivity index (χ4n) is 3.23. The molecule has 31 heavy (non-hydrogen) atoms. The zero-order valence-electron chi connectivity index (χ0n) is 16.5. The van der Waals surface area contributed by atoms with Crippen LogP contribution in [0.4, 0.5) is 11.4 Å². The number of rotatable bonds is 6. The maximum Gasteiger partial charge on any atom is 0.271 e. The number of hydrogen-bond acceptors (Lipinski definition) is 6. The van der Waals surface area contributed by atoms with E-state index in [1.165, 1.54) is 40.7 Å². The molecule has 0 bridgehead atoms. The van der Waals surface area contributed by atoms with Crippen LogP contribution in [0.15, 0.2) is 47.4 Å². The minimum Gasteiger partial charge on any atom is -0.324 e. The van der Waals surface area contributed by atoms with Gasteiger partial charge in [0.15, 0.2) is 0 Å². The van der Waals surface area contributed by atoms with Gasteiger partial charge in [0.1, 0.15) is 0 Å². The maximum atomic E-state index is 12.9. The molecule has 0 spiro atoms. The van der Waals surface area contributed by atoms with Gasteiger partial charge in [0.05, 0.1) is 25.9 Å². The molecule has 1 unspecified atom stereocenters. The van der Waals surface area contributed by atoms with Gasteiger partial charge in [-0.15, -0.1) is 0 Å². The highest BCUT2D eigenvalue weighted by Gasteiger charge is 2.32. The number of non-ortho nitro benzene ring substituents is 1. The molecule has 1 N–H and O–H groups in total. The van der Waals surface area contributed by atoms with Gasteiger partial charge in [0.2, 0.25) is 15.9 Å². The standard InChI is InChI=1S/C19H20Cl2N4O5S/c1-13(19(26)22-14-3-2-4-15(11-14)25(27)28)23-7-9-24(10-8-23)31(29,30)16-5-6-17(20)18(21)12-16/h2-6,11-13H,7-10H2,1H3,(H,22,26). The van der Waals surface area contributed by atoms with Crippen molar-refractivity contribution in [1.82, 2.24) is 9.21 Å². The van der Waals surface area contributed by atoms with E-state index in [-0.39, 0.29) is 39.6 Å². The molecule has 0 aliphatic carbocycles. The summed E-state index contributed by atoms with van der Waals surface area (Å²) in [6.07, 6.45) is 0. The second-order valence-electron chi connectivity index (χ2n) is 6.99. The Labute approximate surface area is 189 Å². The molecule has 2 aromatic carbocycles. The number of nitro groups is 1. The summed E-state index contributed by atoms with van der Waals surface area (Å²) in [6.45, 7) is 2.82. The molecule has 1 aliphatic heterocycles. The zero-order valence-corrected chi connectivity index (χ0v) is 18.8. The third-order valence-corrected chi connectivity index (χ3v) is 7.69. The van der Waals surface area contributed by atoms with Crippen LogP contribution in [0.5, 0.6) is 0 Å². The van der Waals surface area contributed by atoms with Crippen molar-refractivity contribution in [2.45, 2.75) is 17.9 Å². The van der Waals surface area contributed by atoms with E-state index in [1.54, 1.807) is 13.0 Å². The molecule has 12 heteroatoms. The van der Waals surface area contributed by atoms with Crippen molar-refractivity contribution in [2.24, 2.45) is 0 Å². The van der Waals surface area contributed by atoms with Gasteiger partial charge < -0.3 is 5.32 Å². The topological polar surface area (TPSA) is 113 Å². The Kier molecular flexibility index (Phi) is 7.17. The van der Waals surface area contributed by atoms with E-state index in [0.717, 1.165) is 0 Å². The van der Waals surface area contributed by atoms with Crippen molar-refractivity contribution in [3.63, 3.8) is 0 Å². The fourth-order valence-corrected chi connectivity index (χ4v) is 5.04. The summed E-state index contributed by atoms with van der Waals surface area (Å²) in [5, 5.41) is 14.0. The molecule has 1 atom stereocenters. The summed E-state index contributed by atoms with van der Waals surface area (Å²) in [6, 6.07) is 9.30. The van der Waals surface area contributed by atoms with Crippen LogP contribution in [0.3, 0.4) is 0 Å². The van der Waals surface area contributed by atoms with Gasteiger partial charge in [0, 0.05) is 44.0 Å². The number of carbonyl (C=O) groups excluding carboxylic acids is 1. The number of nitro benzene ring substituents is 1. The Balaban J connectivity index is 1.62. The molecule has 9 nitrogen and oxygen atoms in total. The number of piperazine rings is 1. The van der Waals surface area contributed by atoms with Gasteiger partial charge in [-0.25, -0.2) is 8.42 Å². The number of anilines is 1. The van der Waals surface area contributed by atoms with Gasteiger partial charge >= 0.3 is 0 Å². The predicted octanol–water partition coefficient (Wildman–Crippen LogP) is 3.24. The number of nitrogens with zero attached hydrogens (tertiary/aromatic N) is 3. The van der Waals surface area contributed by atoms with Crippen molar-refractivity contribution in [3.8, 4) is 0 Å². The van der Waals surface area contributed by atoms with Crippen LogP contribution < -0.4 is 5.32 Å². The average molecular weight is 487 g/mol. The van der Waals surface area contributed by atoms with Crippen molar-refractivity contribution in [3.05, 3.63) is 62.6 Å². The summed E-state index contributed by atoms with van der Waals surface area (Å²) >= 11 is 11.8. The Morgan fingerprint density at radius 3 is 2.39 bits per heavy atom. The molecule has 0 radical (unpaired) electrons. The van der Waals surface area contributed by atoms with Crippen molar-refractivity contribution in [2.75, 3.05) is 31.5 Å². The first-order chi connectivity index (χ1) is 14.6. The second-order valence-corrected chi connectivity index (χ2v) is 9.74. The third-order valence-electron chi connectivity index (χ3n) is 5.05. The number of amides is 1. The Bertz CT molecular complexity index is 1100. The van der Waals surface area contributed by atoms with Crippen molar-refractivity contribution >= 4 is 50.5 Å². The van der Waals surface area contributed by atoms with E-state index >= 15 is 0 Å². The van der Waals surface area contributed by atoms with Gasteiger partial charge in [-0.1, -0.05) is 29.3 Å². The minimum atomic E-state index is -3.73. The average Bonchev–Trinajstić information content (AvgIpc) is 2.75. The lowest BCUT2D eigenvalue weighted by Crippen LogP contribution is -2.53. The van der Waals surface area contributed by atoms with Gasteiger partial charge in [-0.2, -0.15) is 4.31 Å². The van der Waals surface area contributed by atoms with E-state index in [0.29, 0.717) is 18.8 Å². The van der Waals surface area contributed by atoms with Crippen LogP contribution in [-0.4, -0.2) is 60.7 Å². The van der Waals surface area contributed by atoms with E-state index in [9.17, 15) is 23.3 Å². The molecular formula is C19H20Cl2N4O5S. The smallest absolute Gasteiger partial charge is 0.271 e. The number of benzene rings is 2. The first-order valence-electron chi connectivity index (χ1n) is 9.34. The molecule has 2 aromatic rings. The molecule has 1 saturated heterocycles. The minimum absolute atomic E-state index is 0.0619. The van der Waals surface area contributed by atoms with Crippen LogP contribution in [0.25, 0.3) is 0 Å². The van der Waals surface area contributed by atoms with Crippen molar-refractivity contribution in [1.29, 1.82) is 0 Å². The lowest BCUT2D eigenvalue weighted by Gasteiger charge is -2.36. The normalized spacial score (nSPS) is 16.6. The number of sulfonamides is 1. The van der Waals surface area contributed by atoms with E-state index in [2.05, 4.69) is 5.32 Å². The zero-order chi connectivity index (χ0) is 22.8. The largest absolute Gasteiger partial charge is 0.324 e. The molecule has 1 heterocycles. The summed E-state index contributed by atoms with van der Waals surface area (Å²) in [7, 11) is -3.73. The number of halogens is 2. The molecule has 166 valence electrons. The summed E-state index contributed by atoms with van der Waals surface area (Å²) in [5.74, 6) is -0.332. The molecular weight excluding hydrogens is 467 g/mol. The Morgan fingerprint density at radius 1 is 1.10 bits per heavy atom. The molecule has 3 rings (SSSR count). The Morgan fingerprint density at radius 2 is 1.77 bits per heavy atom. The van der Waals surface area contributed by atoms with Crippen LogP contribution in [0, 0.1) is 10.1 Å². The highest BCUT2D eigenvalue weighted by Crippen LogP contribution is 2.27. The molecule has 1 amide bonds. The molecule has 1 aliphatic rings. The lowest BCUT2D eigenvalue weighted by atomic mass is 10.2. The van der Waals surface area contributed by atoms with Gasteiger partial charge in [-0.05, 0) is 31.2 Å². The number of carbonyl (C=O) groups is 1. The quantitative estimate of drug-likeness (QED) is 0.495. The highest BCUT2D eigenvalue weighted by atomic mass is 35.5. The fraction of sp³-hybridized carbons (Fsp3) is 0.316.